The number of aryl methyl sites for hydroxylation is 1. The number of pyridine rings is 2. The molecule has 132 valence electrons. The molecule has 3 aromatic heterocycles. The lowest BCUT2D eigenvalue weighted by Gasteiger charge is -2.30. The molecule has 0 saturated carbocycles. The Morgan fingerprint density at radius 2 is 2.04 bits per heavy atom. The van der Waals surface area contributed by atoms with Gasteiger partial charge in [-0.2, -0.15) is 0 Å². The lowest BCUT2D eigenvalue weighted by Crippen LogP contribution is -2.32. The lowest BCUT2D eigenvalue weighted by molar-refractivity contribution is 0.475. The van der Waals surface area contributed by atoms with Gasteiger partial charge in [-0.3, -0.25) is 9.97 Å². The molecule has 1 aliphatic rings. The van der Waals surface area contributed by atoms with Gasteiger partial charge in [-0.05, 0) is 37.6 Å². The van der Waals surface area contributed by atoms with E-state index in [1.807, 2.05) is 32.0 Å². The van der Waals surface area contributed by atoms with Gasteiger partial charge in [0.1, 0.15) is 28.3 Å². The lowest BCUT2D eigenvalue weighted by atomic mass is 10.1. The molecule has 0 N–H and O–H groups in total. The van der Waals surface area contributed by atoms with E-state index in [9.17, 15) is 0 Å². The van der Waals surface area contributed by atoms with Crippen molar-refractivity contribution in [1.29, 1.82) is 0 Å². The highest BCUT2D eigenvalue weighted by Gasteiger charge is 2.22. The summed E-state index contributed by atoms with van der Waals surface area (Å²) in [4.78, 5) is 19.7. The van der Waals surface area contributed by atoms with Gasteiger partial charge in [0, 0.05) is 37.0 Å². The standard InChI is InChI=1S/C19H18ClN5O/c1-12-18(20)23-13(2)24-19(12)25-7-5-17-14(11-25)8-16(10-22-17)26-15-4-3-6-21-9-15/h3-4,6,8-10H,5,7,11H2,1-2H3. The van der Waals surface area contributed by atoms with Gasteiger partial charge in [-0.1, -0.05) is 11.6 Å². The van der Waals surface area contributed by atoms with E-state index < -0.39 is 0 Å². The predicted molar refractivity (Wildman–Crippen MR) is 99.8 cm³/mol. The van der Waals surface area contributed by atoms with Crippen molar-refractivity contribution in [3.63, 3.8) is 0 Å². The van der Waals surface area contributed by atoms with Crippen molar-refractivity contribution >= 4 is 17.4 Å². The number of anilines is 1. The Morgan fingerprint density at radius 1 is 1.15 bits per heavy atom. The van der Waals surface area contributed by atoms with E-state index in [1.165, 1.54) is 0 Å². The summed E-state index contributed by atoms with van der Waals surface area (Å²) >= 11 is 6.24. The van der Waals surface area contributed by atoms with Gasteiger partial charge >= 0.3 is 0 Å². The van der Waals surface area contributed by atoms with Crippen molar-refractivity contribution in [3.8, 4) is 11.5 Å². The first-order chi connectivity index (χ1) is 12.6. The van der Waals surface area contributed by atoms with Crippen LogP contribution in [0.4, 0.5) is 5.82 Å². The molecule has 7 heteroatoms. The second-order valence-corrected chi connectivity index (χ2v) is 6.61. The molecule has 0 unspecified atom stereocenters. The molecule has 0 spiro atoms. The smallest absolute Gasteiger partial charge is 0.146 e. The van der Waals surface area contributed by atoms with E-state index >= 15 is 0 Å². The first-order valence-corrected chi connectivity index (χ1v) is 8.79. The summed E-state index contributed by atoms with van der Waals surface area (Å²) in [6, 6.07) is 5.74. The highest BCUT2D eigenvalue weighted by Crippen LogP contribution is 2.30. The highest BCUT2D eigenvalue weighted by atomic mass is 35.5. The van der Waals surface area contributed by atoms with E-state index in [1.54, 1.807) is 18.6 Å². The number of hydrogen-bond donors (Lipinski definition) is 0. The molecule has 0 saturated heterocycles. The Morgan fingerprint density at radius 3 is 2.85 bits per heavy atom. The van der Waals surface area contributed by atoms with E-state index in [0.717, 1.165) is 35.6 Å². The van der Waals surface area contributed by atoms with Crippen molar-refractivity contribution in [3.05, 3.63) is 64.6 Å². The Balaban J connectivity index is 1.61. The summed E-state index contributed by atoms with van der Waals surface area (Å²) in [5, 5.41) is 0.505. The normalized spacial score (nSPS) is 13.4. The number of ether oxygens (including phenoxy) is 1. The minimum Gasteiger partial charge on any atom is -0.454 e. The molecular formula is C19H18ClN5O. The Kier molecular flexibility index (Phi) is 4.42. The van der Waals surface area contributed by atoms with Crippen molar-refractivity contribution < 1.29 is 4.74 Å². The first kappa shape index (κ1) is 16.7. The van der Waals surface area contributed by atoms with Gasteiger partial charge in [0.05, 0.1) is 12.4 Å². The number of fused-ring (bicyclic) bond motifs is 1. The number of nitrogens with zero attached hydrogens (tertiary/aromatic N) is 5. The van der Waals surface area contributed by atoms with Crippen LogP contribution in [0.5, 0.6) is 11.5 Å². The SMILES string of the molecule is Cc1nc(Cl)c(C)c(N2CCc3ncc(Oc4cccnc4)cc3C2)n1. The van der Waals surface area contributed by atoms with Crippen molar-refractivity contribution in [2.45, 2.75) is 26.8 Å². The van der Waals surface area contributed by atoms with Gasteiger partial charge in [-0.15, -0.1) is 0 Å². The van der Waals surface area contributed by atoms with Crippen molar-refractivity contribution in [2.24, 2.45) is 0 Å². The molecular weight excluding hydrogens is 350 g/mol. The van der Waals surface area contributed by atoms with Gasteiger partial charge in [-0.25, -0.2) is 9.97 Å². The fourth-order valence-electron chi connectivity index (χ4n) is 3.07. The largest absolute Gasteiger partial charge is 0.454 e. The topological polar surface area (TPSA) is 64.0 Å². The summed E-state index contributed by atoms with van der Waals surface area (Å²) in [5.41, 5.74) is 3.12. The van der Waals surface area contributed by atoms with Crippen LogP contribution in [0.25, 0.3) is 0 Å². The fourth-order valence-corrected chi connectivity index (χ4v) is 3.28. The second kappa shape index (κ2) is 6.88. The van der Waals surface area contributed by atoms with Gasteiger partial charge in [0.2, 0.25) is 0 Å². The summed E-state index contributed by atoms with van der Waals surface area (Å²) < 4.78 is 5.86. The monoisotopic (exact) mass is 367 g/mol. The second-order valence-electron chi connectivity index (χ2n) is 6.25. The maximum absolute atomic E-state index is 6.24. The van der Waals surface area contributed by atoms with Gasteiger partial charge in [0.25, 0.3) is 0 Å². The fraction of sp³-hybridized carbons (Fsp3) is 0.263. The summed E-state index contributed by atoms with van der Waals surface area (Å²) in [7, 11) is 0. The van der Waals surface area contributed by atoms with Crippen LogP contribution in [0.2, 0.25) is 5.15 Å². The zero-order valence-corrected chi connectivity index (χ0v) is 15.4. The third kappa shape index (κ3) is 3.32. The van der Waals surface area contributed by atoms with Crippen LogP contribution in [0.15, 0.2) is 36.8 Å². The molecule has 0 atom stereocenters. The average molecular weight is 368 g/mol. The predicted octanol–water partition coefficient (Wildman–Crippen LogP) is 3.89. The van der Waals surface area contributed by atoms with Crippen LogP contribution in [0, 0.1) is 13.8 Å². The quantitative estimate of drug-likeness (QED) is 0.654. The maximum atomic E-state index is 6.24. The maximum Gasteiger partial charge on any atom is 0.146 e. The third-order valence-electron chi connectivity index (χ3n) is 4.36. The summed E-state index contributed by atoms with van der Waals surface area (Å²) in [6.45, 7) is 5.36. The molecule has 3 aromatic rings. The minimum absolute atomic E-state index is 0.505. The molecule has 0 aromatic carbocycles. The molecule has 0 aliphatic carbocycles. The molecule has 4 rings (SSSR count). The van der Waals surface area contributed by atoms with E-state index in [0.29, 0.717) is 29.0 Å². The zero-order chi connectivity index (χ0) is 18.1. The molecule has 0 fully saturated rings. The Hall–Kier alpha value is -2.73. The number of hydrogen-bond acceptors (Lipinski definition) is 6. The number of rotatable bonds is 3. The average Bonchev–Trinajstić information content (AvgIpc) is 2.65. The van der Waals surface area contributed by atoms with E-state index in [-0.39, 0.29) is 0 Å². The van der Waals surface area contributed by atoms with Crippen LogP contribution in [0.1, 0.15) is 22.6 Å². The van der Waals surface area contributed by atoms with Crippen LogP contribution in [0.3, 0.4) is 0 Å². The van der Waals surface area contributed by atoms with Crippen molar-refractivity contribution in [1.82, 2.24) is 19.9 Å². The molecule has 0 bridgehead atoms. The Bertz CT molecular complexity index is 948. The Labute approximate surface area is 156 Å². The molecule has 0 amide bonds. The van der Waals surface area contributed by atoms with Crippen LogP contribution >= 0.6 is 11.6 Å². The van der Waals surface area contributed by atoms with E-state index in [4.69, 9.17) is 16.3 Å². The number of aromatic nitrogens is 4. The third-order valence-corrected chi connectivity index (χ3v) is 4.72. The van der Waals surface area contributed by atoms with Gasteiger partial charge < -0.3 is 9.64 Å². The molecule has 6 nitrogen and oxygen atoms in total. The number of halogens is 1. The summed E-state index contributed by atoms with van der Waals surface area (Å²) in [5.74, 6) is 2.95. The minimum atomic E-state index is 0.505. The van der Waals surface area contributed by atoms with Crippen LogP contribution < -0.4 is 9.64 Å². The summed E-state index contributed by atoms with van der Waals surface area (Å²) in [6.07, 6.45) is 6.01. The van der Waals surface area contributed by atoms with Gasteiger partial charge in [0.15, 0.2) is 0 Å². The molecule has 1 aliphatic heterocycles. The molecule has 26 heavy (non-hydrogen) atoms. The highest BCUT2D eigenvalue weighted by molar-refractivity contribution is 6.30. The van der Waals surface area contributed by atoms with E-state index in [2.05, 4.69) is 24.8 Å². The van der Waals surface area contributed by atoms with Crippen molar-refractivity contribution in [2.75, 3.05) is 11.4 Å². The molecule has 0 radical (unpaired) electrons. The van der Waals surface area contributed by atoms with Crippen LogP contribution in [-0.4, -0.2) is 26.5 Å². The van der Waals surface area contributed by atoms with Crippen LogP contribution in [-0.2, 0) is 13.0 Å². The first-order valence-electron chi connectivity index (χ1n) is 8.41. The zero-order valence-electron chi connectivity index (χ0n) is 14.6. The molecule has 4 heterocycles.